The molecular formula is C17H27N3. The summed E-state index contributed by atoms with van der Waals surface area (Å²) in [5.74, 6) is 0.652. The number of nitrogens with zero attached hydrogens (tertiary/aromatic N) is 2. The van der Waals surface area contributed by atoms with Crippen LogP contribution in [0.1, 0.15) is 25.3 Å². The zero-order chi connectivity index (χ0) is 13.9. The second-order valence-corrected chi connectivity index (χ2v) is 6.61. The van der Waals surface area contributed by atoms with Crippen LogP contribution in [0.2, 0.25) is 0 Å². The molecule has 110 valence electrons. The molecule has 0 saturated carbocycles. The van der Waals surface area contributed by atoms with Crippen LogP contribution in [0.5, 0.6) is 0 Å². The van der Waals surface area contributed by atoms with E-state index in [-0.39, 0.29) is 0 Å². The van der Waals surface area contributed by atoms with E-state index < -0.39 is 0 Å². The first kappa shape index (κ1) is 14.1. The maximum Gasteiger partial charge on any atom is 0.0234 e. The lowest BCUT2D eigenvalue weighted by molar-refractivity contribution is 0.108. The molecule has 2 aliphatic rings. The molecule has 0 aromatic heterocycles. The van der Waals surface area contributed by atoms with Crippen LogP contribution in [-0.2, 0) is 6.54 Å². The van der Waals surface area contributed by atoms with E-state index in [1.165, 1.54) is 38.0 Å². The molecule has 0 spiro atoms. The first-order valence-electron chi connectivity index (χ1n) is 7.98. The monoisotopic (exact) mass is 273 g/mol. The van der Waals surface area contributed by atoms with Gasteiger partial charge < -0.3 is 5.73 Å². The Morgan fingerprint density at radius 1 is 1.15 bits per heavy atom. The average Bonchev–Trinajstić information content (AvgIpc) is 2.80. The largest absolute Gasteiger partial charge is 0.326 e. The molecule has 2 heterocycles. The third-order valence-electron chi connectivity index (χ3n) is 4.94. The summed E-state index contributed by atoms with van der Waals surface area (Å²) < 4.78 is 0. The molecule has 3 heteroatoms. The van der Waals surface area contributed by atoms with Crippen LogP contribution in [0.3, 0.4) is 0 Å². The van der Waals surface area contributed by atoms with Gasteiger partial charge in [0.05, 0.1) is 0 Å². The number of nitrogens with two attached hydrogens (primary N) is 1. The van der Waals surface area contributed by atoms with Gasteiger partial charge in [-0.2, -0.15) is 0 Å². The minimum atomic E-state index is 0.375. The van der Waals surface area contributed by atoms with Crippen molar-refractivity contribution in [3.63, 3.8) is 0 Å². The van der Waals surface area contributed by atoms with Crippen molar-refractivity contribution in [1.29, 1.82) is 0 Å². The van der Waals surface area contributed by atoms with E-state index in [9.17, 15) is 0 Å². The second-order valence-electron chi connectivity index (χ2n) is 6.61. The number of likely N-dealkylation sites (tertiary alicyclic amines) is 2. The summed E-state index contributed by atoms with van der Waals surface area (Å²) in [5, 5.41) is 0. The summed E-state index contributed by atoms with van der Waals surface area (Å²) in [6, 6.07) is 11.9. The Kier molecular flexibility index (Phi) is 4.39. The fourth-order valence-corrected chi connectivity index (χ4v) is 3.64. The van der Waals surface area contributed by atoms with E-state index in [1.807, 2.05) is 0 Å². The molecule has 20 heavy (non-hydrogen) atoms. The molecule has 3 rings (SSSR count). The minimum Gasteiger partial charge on any atom is -0.326 e. The van der Waals surface area contributed by atoms with Crippen LogP contribution >= 0.6 is 0 Å². The molecule has 2 aliphatic heterocycles. The summed E-state index contributed by atoms with van der Waals surface area (Å²) in [5.41, 5.74) is 7.61. The Hall–Kier alpha value is -0.900. The SMILES string of the molecule is CC1CN(C2CCCN(Cc3ccccc3)C2)CC1N. The van der Waals surface area contributed by atoms with Gasteiger partial charge in [0.15, 0.2) is 0 Å². The molecule has 3 atom stereocenters. The van der Waals surface area contributed by atoms with Gasteiger partial charge in [0.1, 0.15) is 0 Å². The number of hydrogen-bond acceptors (Lipinski definition) is 3. The van der Waals surface area contributed by atoms with Crippen molar-refractivity contribution < 1.29 is 0 Å². The summed E-state index contributed by atoms with van der Waals surface area (Å²) in [4.78, 5) is 5.24. The Morgan fingerprint density at radius 2 is 1.95 bits per heavy atom. The highest BCUT2D eigenvalue weighted by molar-refractivity contribution is 5.14. The van der Waals surface area contributed by atoms with Crippen LogP contribution in [0.15, 0.2) is 30.3 Å². The lowest BCUT2D eigenvalue weighted by Crippen LogP contribution is -2.47. The van der Waals surface area contributed by atoms with Crippen LogP contribution in [0.25, 0.3) is 0 Å². The predicted molar refractivity (Wildman–Crippen MR) is 83.5 cm³/mol. The first-order valence-corrected chi connectivity index (χ1v) is 7.98. The van der Waals surface area contributed by atoms with E-state index in [0.717, 1.165) is 13.1 Å². The number of piperidine rings is 1. The molecule has 3 nitrogen and oxygen atoms in total. The predicted octanol–water partition coefficient (Wildman–Crippen LogP) is 1.93. The molecule has 0 bridgehead atoms. The van der Waals surface area contributed by atoms with Crippen molar-refractivity contribution in [1.82, 2.24) is 9.80 Å². The quantitative estimate of drug-likeness (QED) is 0.913. The highest BCUT2D eigenvalue weighted by Gasteiger charge is 2.33. The molecular weight excluding hydrogens is 246 g/mol. The van der Waals surface area contributed by atoms with E-state index in [1.54, 1.807) is 0 Å². The number of rotatable bonds is 3. The van der Waals surface area contributed by atoms with Crippen molar-refractivity contribution >= 4 is 0 Å². The van der Waals surface area contributed by atoms with Gasteiger partial charge in [0.2, 0.25) is 0 Å². The lowest BCUT2D eigenvalue weighted by atomic mass is 10.0. The van der Waals surface area contributed by atoms with Crippen molar-refractivity contribution in [2.45, 2.75) is 38.4 Å². The third kappa shape index (κ3) is 3.22. The molecule has 0 radical (unpaired) electrons. The molecule has 1 aromatic rings. The Bertz CT molecular complexity index is 410. The molecule has 2 fully saturated rings. The summed E-state index contributed by atoms with van der Waals surface area (Å²) in [7, 11) is 0. The van der Waals surface area contributed by atoms with E-state index >= 15 is 0 Å². The van der Waals surface area contributed by atoms with Crippen LogP contribution in [-0.4, -0.2) is 48.1 Å². The smallest absolute Gasteiger partial charge is 0.0234 e. The van der Waals surface area contributed by atoms with Gasteiger partial charge in [-0.25, -0.2) is 0 Å². The molecule has 1 aromatic carbocycles. The molecule has 0 amide bonds. The van der Waals surface area contributed by atoms with Crippen molar-refractivity contribution in [2.24, 2.45) is 11.7 Å². The number of hydrogen-bond donors (Lipinski definition) is 1. The normalized spacial score (nSPS) is 32.6. The van der Waals surface area contributed by atoms with E-state index in [2.05, 4.69) is 47.1 Å². The van der Waals surface area contributed by atoms with Gasteiger partial charge in [0.25, 0.3) is 0 Å². The van der Waals surface area contributed by atoms with Crippen LogP contribution in [0.4, 0.5) is 0 Å². The highest BCUT2D eigenvalue weighted by atomic mass is 15.3. The van der Waals surface area contributed by atoms with E-state index in [4.69, 9.17) is 5.73 Å². The average molecular weight is 273 g/mol. The number of benzene rings is 1. The highest BCUT2D eigenvalue weighted by Crippen LogP contribution is 2.23. The van der Waals surface area contributed by atoms with Crippen molar-refractivity contribution in [3.05, 3.63) is 35.9 Å². The molecule has 2 saturated heterocycles. The molecule has 2 N–H and O–H groups in total. The lowest BCUT2D eigenvalue weighted by Gasteiger charge is -2.37. The summed E-state index contributed by atoms with van der Waals surface area (Å²) >= 11 is 0. The van der Waals surface area contributed by atoms with Gasteiger partial charge >= 0.3 is 0 Å². The Morgan fingerprint density at radius 3 is 2.65 bits per heavy atom. The molecule has 3 unspecified atom stereocenters. The Balaban J connectivity index is 1.57. The Labute approximate surface area is 122 Å². The fourth-order valence-electron chi connectivity index (χ4n) is 3.64. The van der Waals surface area contributed by atoms with Gasteiger partial charge in [-0.3, -0.25) is 9.80 Å². The minimum absolute atomic E-state index is 0.375. The zero-order valence-corrected chi connectivity index (χ0v) is 12.5. The van der Waals surface area contributed by atoms with Gasteiger partial charge in [0, 0.05) is 38.3 Å². The van der Waals surface area contributed by atoms with Gasteiger partial charge in [-0.05, 0) is 30.9 Å². The van der Waals surface area contributed by atoms with E-state index in [0.29, 0.717) is 18.0 Å². The van der Waals surface area contributed by atoms with Crippen molar-refractivity contribution in [2.75, 3.05) is 26.2 Å². The summed E-state index contributed by atoms with van der Waals surface area (Å²) in [6.45, 7) is 8.09. The fraction of sp³-hybridized carbons (Fsp3) is 0.647. The second kappa shape index (κ2) is 6.25. The maximum atomic E-state index is 6.18. The van der Waals surface area contributed by atoms with Gasteiger partial charge in [-0.15, -0.1) is 0 Å². The van der Waals surface area contributed by atoms with Crippen molar-refractivity contribution in [3.8, 4) is 0 Å². The van der Waals surface area contributed by atoms with Gasteiger partial charge in [-0.1, -0.05) is 37.3 Å². The molecule has 0 aliphatic carbocycles. The zero-order valence-electron chi connectivity index (χ0n) is 12.5. The third-order valence-corrected chi connectivity index (χ3v) is 4.94. The van der Waals surface area contributed by atoms with Crippen LogP contribution in [0, 0.1) is 5.92 Å². The standard InChI is InChI=1S/C17H27N3/c1-14-10-20(13-17(14)18)16-8-5-9-19(12-16)11-15-6-3-2-4-7-15/h2-4,6-7,14,16-17H,5,8-13,18H2,1H3. The first-order chi connectivity index (χ1) is 9.72. The van der Waals surface area contributed by atoms with Crippen LogP contribution < -0.4 is 5.73 Å². The summed E-state index contributed by atoms with van der Waals surface area (Å²) in [6.07, 6.45) is 2.66. The maximum absolute atomic E-state index is 6.18. The topological polar surface area (TPSA) is 32.5 Å².